The lowest BCUT2D eigenvalue weighted by Gasteiger charge is -2.09. The van der Waals surface area contributed by atoms with Gasteiger partial charge in [-0.2, -0.15) is 5.10 Å². The number of hydrazone groups is 1. The molecule has 0 unspecified atom stereocenters. The van der Waals surface area contributed by atoms with E-state index in [4.69, 9.17) is 9.47 Å². The van der Waals surface area contributed by atoms with E-state index in [1.807, 2.05) is 61.5 Å². The first-order valence-corrected chi connectivity index (χ1v) is 9.14. The van der Waals surface area contributed by atoms with Crippen molar-refractivity contribution in [3.8, 4) is 11.5 Å². The number of amides is 1. The van der Waals surface area contributed by atoms with E-state index in [0.29, 0.717) is 11.5 Å². The molecule has 0 aliphatic heterocycles. The summed E-state index contributed by atoms with van der Waals surface area (Å²) >= 11 is 3.42. The van der Waals surface area contributed by atoms with Crippen molar-refractivity contribution in [1.82, 2.24) is 5.43 Å². The van der Waals surface area contributed by atoms with Gasteiger partial charge in [0, 0.05) is 5.56 Å². The third kappa shape index (κ3) is 4.65. The van der Waals surface area contributed by atoms with Crippen LogP contribution in [0, 0.1) is 6.92 Å². The fourth-order valence-electron chi connectivity index (χ4n) is 2.65. The van der Waals surface area contributed by atoms with Crippen molar-refractivity contribution in [2.45, 2.75) is 6.92 Å². The van der Waals surface area contributed by atoms with Crippen molar-refractivity contribution in [2.75, 3.05) is 13.7 Å². The van der Waals surface area contributed by atoms with Crippen LogP contribution >= 0.6 is 15.9 Å². The van der Waals surface area contributed by atoms with E-state index in [2.05, 4.69) is 26.5 Å². The van der Waals surface area contributed by atoms with Crippen molar-refractivity contribution in [2.24, 2.45) is 5.10 Å². The molecule has 0 aliphatic carbocycles. The summed E-state index contributed by atoms with van der Waals surface area (Å²) < 4.78 is 11.7. The fraction of sp³-hybridized carbons (Fsp3) is 0.143. The number of halogens is 1. The molecule has 0 aromatic heterocycles. The Bertz CT molecular complexity index is 1000. The van der Waals surface area contributed by atoms with Gasteiger partial charge < -0.3 is 9.47 Å². The molecule has 138 valence electrons. The highest BCUT2D eigenvalue weighted by molar-refractivity contribution is 9.10. The highest BCUT2D eigenvalue weighted by Crippen LogP contribution is 2.27. The molecule has 1 amide bonds. The van der Waals surface area contributed by atoms with Crippen LogP contribution in [0.4, 0.5) is 0 Å². The maximum absolute atomic E-state index is 12.0. The Labute approximate surface area is 166 Å². The molecule has 0 radical (unpaired) electrons. The molecular formula is C21H19BrN2O3. The Morgan fingerprint density at radius 3 is 2.70 bits per heavy atom. The SMILES string of the molecule is COc1ccc2ccccc2c1/C=N\NC(=O)COc1ccc(C)cc1Br. The first-order chi connectivity index (χ1) is 13.1. The third-order valence-corrected chi connectivity index (χ3v) is 4.60. The van der Waals surface area contributed by atoms with Crippen LogP contribution in [0.15, 0.2) is 64.2 Å². The monoisotopic (exact) mass is 426 g/mol. The van der Waals surface area contributed by atoms with Crippen LogP contribution in [-0.2, 0) is 4.79 Å². The van der Waals surface area contributed by atoms with Gasteiger partial charge >= 0.3 is 0 Å². The predicted octanol–water partition coefficient (Wildman–Crippen LogP) is 4.45. The van der Waals surface area contributed by atoms with Crippen LogP contribution in [-0.4, -0.2) is 25.8 Å². The van der Waals surface area contributed by atoms with Crippen molar-refractivity contribution < 1.29 is 14.3 Å². The molecule has 0 saturated carbocycles. The highest BCUT2D eigenvalue weighted by atomic mass is 79.9. The van der Waals surface area contributed by atoms with E-state index in [1.165, 1.54) is 0 Å². The Kier molecular flexibility index (Phi) is 6.08. The van der Waals surface area contributed by atoms with Gasteiger partial charge in [-0.05, 0) is 57.4 Å². The summed E-state index contributed by atoms with van der Waals surface area (Å²) in [4.78, 5) is 12.0. The minimum Gasteiger partial charge on any atom is -0.496 e. The number of fused-ring (bicyclic) bond motifs is 1. The summed E-state index contributed by atoms with van der Waals surface area (Å²) in [6.45, 7) is 1.85. The van der Waals surface area contributed by atoms with Gasteiger partial charge in [0.1, 0.15) is 11.5 Å². The summed E-state index contributed by atoms with van der Waals surface area (Å²) in [5, 5.41) is 6.12. The van der Waals surface area contributed by atoms with Gasteiger partial charge in [0.15, 0.2) is 6.61 Å². The second kappa shape index (κ2) is 8.68. The second-order valence-electron chi connectivity index (χ2n) is 5.92. The van der Waals surface area contributed by atoms with Gasteiger partial charge in [0.25, 0.3) is 5.91 Å². The van der Waals surface area contributed by atoms with Crippen molar-refractivity contribution in [3.63, 3.8) is 0 Å². The Hall–Kier alpha value is -2.86. The Morgan fingerprint density at radius 2 is 1.93 bits per heavy atom. The van der Waals surface area contributed by atoms with Crippen LogP contribution in [0.1, 0.15) is 11.1 Å². The second-order valence-corrected chi connectivity index (χ2v) is 6.77. The number of benzene rings is 3. The number of ether oxygens (including phenoxy) is 2. The molecule has 0 atom stereocenters. The van der Waals surface area contributed by atoms with Gasteiger partial charge in [-0.25, -0.2) is 5.43 Å². The number of hydrogen-bond acceptors (Lipinski definition) is 4. The lowest BCUT2D eigenvalue weighted by molar-refractivity contribution is -0.123. The van der Waals surface area contributed by atoms with Crippen LogP contribution in [0.2, 0.25) is 0 Å². The van der Waals surface area contributed by atoms with Crippen LogP contribution < -0.4 is 14.9 Å². The lowest BCUT2D eigenvalue weighted by atomic mass is 10.0. The lowest BCUT2D eigenvalue weighted by Crippen LogP contribution is -2.24. The third-order valence-electron chi connectivity index (χ3n) is 3.98. The molecule has 3 aromatic carbocycles. The van der Waals surface area contributed by atoms with Gasteiger partial charge in [0.2, 0.25) is 0 Å². The van der Waals surface area contributed by atoms with E-state index in [9.17, 15) is 4.79 Å². The zero-order valence-electron chi connectivity index (χ0n) is 15.0. The van der Waals surface area contributed by atoms with Crippen LogP contribution in [0.3, 0.4) is 0 Å². The largest absolute Gasteiger partial charge is 0.496 e. The van der Waals surface area contributed by atoms with Gasteiger partial charge in [-0.1, -0.05) is 36.4 Å². The fourth-order valence-corrected chi connectivity index (χ4v) is 3.26. The summed E-state index contributed by atoms with van der Waals surface area (Å²) in [6.07, 6.45) is 1.58. The molecule has 27 heavy (non-hydrogen) atoms. The molecule has 5 nitrogen and oxygen atoms in total. The highest BCUT2D eigenvalue weighted by Gasteiger charge is 2.07. The topological polar surface area (TPSA) is 59.9 Å². The van der Waals surface area contributed by atoms with Crippen molar-refractivity contribution in [1.29, 1.82) is 0 Å². The number of hydrogen-bond donors (Lipinski definition) is 1. The number of rotatable bonds is 6. The molecule has 0 heterocycles. The van der Waals surface area contributed by atoms with E-state index in [-0.39, 0.29) is 12.5 Å². The van der Waals surface area contributed by atoms with Crippen LogP contribution in [0.5, 0.6) is 11.5 Å². The van der Waals surface area contributed by atoms with Gasteiger partial charge in [-0.3, -0.25) is 4.79 Å². The molecule has 0 aliphatic rings. The summed E-state index contributed by atoms with van der Waals surface area (Å²) in [5.41, 5.74) is 4.39. The number of nitrogens with one attached hydrogen (secondary N) is 1. The number of carbonyl (C=O) groups excluding carboxylic acids is 1. The molecule has 6 heteroatoms. The summed E-state index contributed by atoms with van der Waals surface area (Å²) in [6, 6.07) is 17.4. The average molecular weight is 427 g/mol. The quantitative estimate of drug-likeness (QED) is 0.467. The first kappa shape index (κ1) is 18.9. The number of aryl methyl sites for hydroxylation is 1. The van der Waals surface area contributed by atoms with E-state index >= 15 is 0 Å². The first-order valence-electron chi connectivity index (χ1n) is 8.35. The zero-order valence-corrected chi connectivity index (χ0v) is 16.6. The summed E-state index contributed by atoms with van der Waals surface area (Å²) in [5.74, 6) is 0.944. The molecule has 1 N–H and O–H groups in total. The molecular weight excluding hydrogens is 408 g/mol. The Morgan fingerprint density at radius 1 is 1.15 bits per heavy atom. The molecule has 0 saturated heterocycles. The maximum Gasteiger partial charge on any atom is 0.277 e. The molecule has 0 spiro atoms. The average Bonchev–Trinajstić information content (AvgIpc) is 2.67. The molecule has 0 bridgehead atoms. The molecule has 3 aromatic rings. The van der Waals surface area contributed by atoms with Crippen LogP contribution in [0.25, 0.3) is 10.8 Å². The van der Waals surface area contributed by atoms with Crippen molar-refractivity contribution in [3.05, 3.63) is 70.2 Å². The van der Waals surface area contributed by atoms with Gasteiger partial charge in [-0.15, -0.1) is 0 Å². The van der Waals surface area contributed by atoms with E-state index < -0.39 is 0 Å². The molecule has 0 fully saturated rings. The maximum atomic E-state index is 12.0. The number of methoxy groups -OCH3 is 1. The minimum atomic E-state index is -0.349. The van der Waals surface area contributed by atoms with E-state index in [0.717, 1.165) is 26.4 Å². The minimum absolute atomic E-state index is 0.133. The van der Waals surface area contributed by atoms with Gasteiger partial charge in [0.05, 0.1) is 17.8 Å². The predicted molar refractivity (Wildman–Crippen MR) is 111 cm³/mol. The van der Waals surface area contributed by atoms with Crippen molar-refractivity contribution >= 4 is 38.8 Å². The Balaban J connectivity index is 1.66. The number of nitrogens with zero attached hydrogens (tertiary/aromatic N) is 1. The van der Waals surface area contributed by atoms with E-state index in [1.54, 1.807) is 13.3 Å². The standard InChI is InChI=1S/C21H19BrN2O3/c1-14-7-9-20(18(22)11-14)27-13-21(25)24-23-12-17-16-6-4-3-5-15(16)8-10-19(17)26-2/h3-12H,13H2,1-2H3,(H,24,25)/b23-12-. The number of carbonyl (C=O) groups is 1. The summed E-state index contributed by atoms with van der Waals surface area (Å²) in [7, 11) is 1.60. The zero-order chi connectivity index (χ0) is 19.2. The normalized spacial score (nSPS) is 10.9. The smallest absolute Gasteiger partial charge is 0.277 e. The molecule has 3 rings (SSSR count).